The molecule has 121 heavy (non-hydrogen) atoms. The van der Waals surface area contributed by atoms with Gasteiger partial charge in [0.05, 0.1) is 0 Å². The molecule has 0 rings (SSSR count). The van der Waals surface area contributed by atoms with Gasteiger partial charge in [-0.2, -0.15) is 0 Å². The first kappa shape index (κ1) is 123. The molecule has 0 saturated carbocycles. The van der Waals surface area contributed by atoms with Crippen LogP contribution >= 0.6 is 0 Å². The molecule has 0 aromatic rings. The Labute approximate surface area is 786 Å². The maximum absolute atomic E-state index is 2.89. The first-order valence-corrected chi connectivity index (χ1v) is 84.0. The third kappa shape index (κ3) is 31.8. The fraction of sp³-hybridized carbons (Fsp3) is 1.00. The summed E-state index contributed by atoms with van der Waals surface area (Å²) in [6.07, 6.45) is 83.6. The van der Waals surface area contributed by atoms with Gasteiger partial charge in [0, 0.05) is 0 Å². The van der Waals surface area contributed by atoms with Gasteiger partial charge < -0.3 is 0 Å². The van der Waals surface area contributed by atoms with E-state index in [1.807, 2.05) is 163 Å². The molecule has 0 saturated heterocycles. The molecule has 0 nitrogen and oxygen atoms in total. The summed E-state index contributed by atoms with van der Waals surface area (Å²) in [6.45, 7) is 77.9. The molecule has 0 atom stereocenters. The first-order chi connectivity index (χ1) is 58.8. The van der Waals surface area contributed by atoms with E-state index in [0.717, 1.165) is 0 Å². The zero-order chi connectivity index (χ0) is 90.9. The normalized spacial score (nSPS) is 13.7. The summed E-state index contributed by atoms with van der Waals surface area (Å²) in [5.74, 6) is 0. The van der Waals surface area contributed by atoms with Crippen LogP contribution in [0, 0.1) is 0 Å². The number of unbranched alkanes of at least 4 members (excludes halogenated alkanes) is 27. The second kappa shape index (κ2) is 72.0. The van der Waals surface area contributed by atoms with Gasteiger partial charge in [-0.15, -0.1) is 0 Å². The Balaban J connectivity index is 17.7. The van der Waals surface area contributed by atoms with Gasteiger partial charge in [-0.25, -0.2) is 0 Å². The van der Waals surface area contributed by atoms with E-state index in [2.05, 4.69) is 187 Å². The van der Waals surface area contributed by atoms with Crippen molar-refractivity contribution < 1.29 is 14.1 Å². The van der Waals surface area contributed by atoms with E-state index in [1.165, 1.54) is 173 Å². The molecule has 729 valence electrons. The van der Waals surface area contributed by atoms with Crippen LogP contribution in [0.4, 0.5) is 0 Å². The van der Waals surface area contributed by atoms with E-state index in [0.29, 0.717) is 9.44 Å². The second-order valence-electron chi connectivity index (χ2n) is 43.7. The molecule has 0 heterocycles. The number of hydrogen-bond donors (Lipinski definition) is 0. The van der Waals surface area contributed by atoms with Gasteiger partial charge in [0.25, 0.3) is 0 Å². The number of hydrogen-bond acceptors (Lipinski definition) is 0. The molecular formula is C111H243CrSi9. The van der Waals surface area contributed by atoms with Crippen LogP contribution in [0.3, 0.4) is 0 Å². The summed E-state index contributed by atoms with van der Waals surface area (Å²) in [4.78, 5) is 0. The van der Waals surface area contributed by atoms with E-state index in [9.17, 15) is 0 Å². The van der Waals surface area contributed by atoms with Crippen molar-refractivity contribution in [2.45, 2.75) is 706 Å². The molecule has 0 aliphatic carbocycles. The first-order valence-electron chi connectivity index (χ1n) is 58.5. The summed E-state index contributed by atoms with van der Waals surface area (Å²) in [7, 11) is -24.4. The van der Waals surface area contributed by atoms with Crippen molar-refractivity contribution >= 4 is 72.7 Å². The molecule has 0 aromatic carbocycles. The van der Waals surface area contributed by atoms with E-state index < -0.39 is 86.8 Å². The van der Waals surface area contributed by atoms with Crippen molar-refractivity contribution in [2.75, 3.05) is 0 Å². The predicted octanol–water partition coefficient (Wildman–Crippen LogP) is 44.6. The van der Waals surface area contributed by atoms with Gasteiger partial charge in [0.2, 0.25) is 0 Å². The molecule has 0 radical (unpaired) electrons. The van der Waals surface area contributed by atoms with E-state index in [4.69, 9.17) is 0 Å². The predicted molar refractivity (Wildman–Crippen MR) is 592 cm³/mol. The van der Waals surface area contributed by atoms with Gasteiger partial charge >= 0.3 is 793 Å². The van der Waals surface area contributed by atoms with Gasteiger partial charge in [-0.1, -0.05) is 0 Å². The monoisotopic (exact) mass is 1880 g/mol. The van der Waals surface area contributed by atoms with Crippen LogP contribution in [0.2, 0.25) is 173 Å². The molecule has 10 heteroatoms. The average molecular weight is 1880 g/mol. The Morgan fingerprint density at radius 2 is 0.149 bits per heavy atom. The minimum atomic E-state index is -2.71. The van der Waals surface area contributed by atoms with Crippen molar-refractivity contribution in [3.8, 4) is 0 Å². The van der Waals surface area contributed by atoms with Crippen LogP contribution in [0.15, 0.2) is 0 Å². The van der Waals surface area contributed by atoms with Crippen molar-refractivity contribution in [3.05, 3.63) is 0 Å². The van der Waals surface area contributed by atoms with E-state index >= 15 is 0 Å². The standard InChI is InChI=1S/3C37H81Si3.Cr/c3*1-10-19-28-38(29-20-11-2,30-21-12-3)37(39(31-22-13-4,32-23-14-5)33-24-15-6)40(34-25-16-7,35-26-17-8)36-27-18-9;/h3*10-36H2,1-9H3;. The summed E-state index contributed by atoms with van der Waals surface area (Å²) in [6, 6.07) is 49.4. The van der Waals surface area contributed by atoms with Gasteiger partial charge in [0.15, 0.2) is 0 Å². The third-order valence-corrected chi connectivity index (χ3v) is 141. The quantitative estimate of drug-likeness (QED) is 0.0533. The molecule has 0 amide bonds. The molecule has 0 spiro atoms. The van der Waals surface area contributed by atoms with E-state index in [1.54, 1.807) is 173 Å². The number of rotatable bonds is 93. The minimum absolute atomic E-state index is 0.703. The average Bonchev–Trinajstić information content (AvgIpc) is 0.619. The summed E-state index contributed by atoms with van der Waals surface area (Å²) < 4.78 is 2.11. The van der Waals surface area contributed by atoms with Crippen LogP contribution in [-0.4, -0.2) is 72.7 Å². The Morgan fingerprint density at radius 3 is 0.190 bits per heavy atom. The van der Waals surface area contributed by atoms with Crippen molar-refractivity contribution in [2.24, 2.45) is 0 Å². The second-order valence-corrected chi connectivity index (χ2v) is 101. The van der Waals surface area contributed by atoms with E-state index in [-0.39, 0.29) is 0 Å². The molecular weight excluding hydrogens is 1640 g/mol. The van der Waals surface area contributed by atoms with Crippen LogP contribution in [0.1, 0.15) is 534 Å². The van der Waals surface area contributed by atoms with Gasteiger partial charge in [0.1, 0.15) is 0 Å². The molecule has 0 bridgehead atoms. The zero-order valence-corrected chi connectivity index (χ0v) is 101. The Bertz CT molecular complexity index is 1620. The SMILES string of the molecule is CCCC[Si](CCCC)(CCCC)[C]([Cr]([C]([Si](CCCC)(CCCC)CCCC)([Si](CCCC)(CCCC)CCCC)[Si](CCCC)(CCCC)CCCC)[C]([Si](CCCC)(CCCC)CCCC)([Si](CCCC)(CCCC)CCCC)[Si](CCCC)(CCCC)CCCC)([Si](CCCC)(CCCC)CCCC)[Si](CCCC)(CCCC)CCCC. The van der Waals surface area contributed by atoms with Crippen LogP contribution in [0.25, 0.3) is 0 Å². The molecule has 0 fully saturated rings. The molecule has 0 N–H and O–H groups in total. The Kier molecular flexibility index (Phi) is 73.4. The molecule has 0 aliphatic rings. The summed E-state index contributed by atoms with van der Waals surface area (Å²) in [5.41, 5.74) is 0. The van der Waals surface area contributed by atoms with Crippen molar-refractivity contribution in [1.82, 2.24) is 0 Å². The Hall–Kier alpha value is 2.48. The van der Waals surface area contributed by atoms with Crippen molar-refractivity contribution in [1.29, 1.82) is 0 Å². The molecule has 0 aliphatic heterocycles. The van der Waals surface area contributed by atoms with Crippen LogP contribution in [0.5, 0.6) is 0 Å². The maximum atomic E-state index is 2.89. The Morgan fingerprint density at radius 1 is 0.0992 bits per heavy atom. The third-order valence-electron chi connectivity index (χ3n) is 34.9. The fourth-order valence-corrected chi connectivity index (χ4v) is 195. The fourth-order valence-electron chi connectivity index (χ4n) is 29.7. The van der Waals surface area contributed by atoms with Gasteiger partial charge in [-0.05, 0) is 0 Å². The van der Waals surface area contributed by atoms with Crippen molar-refractivity contribution in [3.63, 3.8) is 0 Å². The molecule has 0 aromatic heterocycles. The van der Waals surface area contributed by atoms with Crippen LogP contribution < -0.4 is 0 Å². The van der Waals surface area contributed by atoms with Gasteiger partial charge in [-0.3, -0.25) is 0 Å². The topological polar surface area (TPSA) is 0 Å². The molecule has 0 unspecified atom stereocenters. The van der Waals surface area contributed by atoms with Crippen LogP contribution in [-0.2, 0) is 14.1 Å². The summed E-state index contributed by atoms with van der Waals surface area (Å²) >= 11 is -2.33. The summed E-state index contributed by atoms with van der Waals surface area (Å²) in [5, 5.41) is 0. The zero-order valence-electron chi connectivity index (χ0n) is 90.7.